The van der Waals surface area contributed by atoms with Crippen LogP contribution < -0.4 is 11.1 Å². The number of amides is 2. The number of anilines is 1. The summed E-state index contributed by atoms with van der Waals surface area (Å²) >= 11 is 0. The molecule has 1 rings (SSSR count). The number of likely N-dealkylation sites (N-methyl/N-ethyl adjacent to an activating group) is 1. The van der Waals surface area contributed by atoms with E-state index in [0.29, 0.717) is 5.69 Å². The van der Waals surface area contributed by atoms with Crippen molar-refractivity contribution in [3.8, 4) is 0 Å². The summed E-state index contributed by atoms with van der Waals surface area (Å²) in [6.07, 6.45) is 0.228. The molecule has 0 aromatic heterocycles. The van der Waals surface area contributed by atoms with E-state index in [1.807, 2.05) is 6.07 Å². The monoisotopic (exact) mass is 235 g/mol. The van der Waals surface area contributed by atoms with Crippen molar-refractivity contribution in [1.29, 1.82) is 0 Å². The molecule has 1 aromatic carbocycles. The molecule has 5 heteroatoms. The molecule has 0 saturated carbocycles. The molecule has 0 heterocycles. The number of carbonyl (C=O) groups is 2. The van der Waals surface area contributed by atoms with Gasteiger partial charge in [0.15, 0.2) is 0 Å². The van der Waals surface area contributed by atoms with Crippen molar-refractivity contribution in [2.24, 2.45) is 0 Å². The van der Waals surface area contributed by atoms with E-state index in [-0.39, 0.29) is 24.8 Å². The lowest BCUT2D eigenvalue weighted by Crippen LogP contribution is -2.36. The maximum Gasteiger partial charge on any atom is 0.241 e. The zero-order chi connectivity index (χ0) is 12.8. The Labute approximate surface area is 101 Å². The Morgan fingerprint density at radius 3 is 2.65 bits per heavy atom. The summed E-state index contributed by atoms with van der Waals surface area (Å²) in [5.74, 6) is -0.322. The Balaban J connectivity index is 2.43. The van der Waals surface area contributed by atoms with Crippen molar-refractivity contribution >= 4 is 17.5 Å². The number of carbonyl (C=O) groups excluding carboxylic acids is 2. The zero-order valence-electron chi connectivity index (χ0n) is 10.1. The lowest BCUT2D eigenvalue weighted by molar-refractivity contribution is -0.130. The van der Waals surface area contributed by atoms with Gasteiger partial charge < -0.3 is 16.0 Å². The number of nitrogen functional groups attached to an aromatic ring is 1. The number of nitrogens with one attached hydrogen (secondary N) is 1. The maximum atomic E-state index is 11.5. The van der Waals surface area contributed by atoms with Crippen LogP contribution in [0.3, 0.4) is 0 Å². The summed E-state index contributed by atoms with van der Waals surface area (Å²) in [5, 5.41) is 2.56. The van der Waals surface area contributed by atoms with Crippen LogP contribution >= 0.6 is 0 Å². The van der Waals surface area contributed by atoms with E-state index in [2.05, 4.69) is 5.32 Å². The molecule has 2 amide bonds. The largest absolute Gasteiger partial charge is 0.399 e. The summed E-state index contributed by atoms with van der Waals surface area (Å²) in [6.45, 7) is 0.0220. The maximum absolute atomic E-state index is 11.5. The summed E-state index contributed by atoms with van der Waals surface area (Å²) < 4.78 is 0. The van der Waals surface area contributed by atoms with Crippen LogP contribution in [0.2, 0.25) is 0 Å². The first-order valence-corrected chi connectivity index (χ1v) is 5.30. The van der Waals surface area contributed by atoms with E-state index in [0.717, 1.165) is 5.56 Å². The van der Waals surface area contributed by atoms with Gasteiger partial charge in [-0.15, -0.1) is 0 Å². The van der Waals surface area contributed by atoms with Gasteiger partial charge in [0.2, 0.25) is 11.8 Å². The van der Waals surface area contributed by atoms with Crippen LogP contribution in [0, 0.1) is 0 Å². The second-order valence-electron chi connectivity index (χ2n) is 3.99. The third-order valence-electron chi connectivity index (χ3n) is 2.25. The van der Waals surface area contributed by atoms with E-state index in [1.165, 1.54) is 4.90 Å². The van der Waals surface area contributed by atoms with Crippen LogP contribution in [-0.2, 0) is 16.0 Å². The lowest BCUT2D eigenvalue weighted by Gasteiger charge is -2.11. The molecule has 3 N–H and O–H groups in total. The van der Waals surface area contributed by atoms with Crippen molar-refractivity contribution in [3.05, 3.63) is 29.8 Å². The fourth-order valence-corrected chi connectivity index (χ4v) is 1.28. The van der Waals surface area contributed by atoms with Gasteiger partial charge in [0, 0.05) is 19.8 Å². The second kappa shape index (κ2) is 5.89. The van der Waals surface area contributed by atoms with E-state index >= 15 is 0 Å². The van der Waals surface area contributed by atoms with Gasteiger partial charge in [-0.3, -0.25) is 9.59 Å². The fourth-order valence-electron chi connectivity index (χ4n) is 1.28. The predicted octanol–water partition coefficient (Wildman–Crippen LogP) is 0.0157. The van der Waals surface area contributed by atoms with Crippen LogP contribution in [0.15, 0.2) is 24.3 Å². The highest BCUT2D eigenvalue weighted by molar-refractivity contribution is 5.85. The van der Waals surface area contributed by atoms with Crippen molar-refractivity contribution < 1.29 is 9.59 Å². The summed E-state index contributed by atoms with van der Waals surface area (Å²) in [4.78, 5) is 24.2. The van der Waals surface area contributed by atoms with Gasteiger partial charge in [-0.2, -0.15) is 0 Å². The minimum Gasteiger partial charge on any atom is -0.399 e. The normalized spacial score (nSPS) is 9.76. The molecule has 1 aromatic rings. The quantitative estimate of drug-likeness (QED) is 0.722. The molecule has 0 unspecified atom stereocenters. The topological polar surface area (TPSA) is 75.4 Å². The van der Waals surface area contributed by atoms with E-state index in [4.69, 9.17) is 5.73 Å². The number of rotatable bonds is 4. The first-order chi connectivity index (χ1) is 7.99. The zero-order valence-corrected chi connectivity index (χ0v) is 10.1. The van der Waals surface area contributed by atoms with E-state index < -0.39 is 0 Å². The Bertz CT molecular complexity index is 416. The highest BCUT2D eigenvalue weighted by Crippen LogP contribution is 2.06. The smallest absolute Gasteiger partial charge is 0.241 e. The van der Waals surface area contributed by atoms with Crippen LogP contribution in [-0.4, -0.2) is 37.4 Å². The highest BCUT2D eigenvalue weighted by atomic mass is 16.2. The van der Waals surface area contributed by atoms with Crippen LogP contribution in [0.25, 0.3) is 0 Å². The van der Waals surface area contributed by atoms with E-state index in [1.54, 1.807) is 32.3 Å². The second-order valence-corrected chi connectivity index (χ2v) is 3.99. The molecule has 0 aliphatic heterocycles. The average molecular weight is 235 g/mol. The van der Waals surface area contributed by atoms with Crippen molar-refractivity contribution in [3.63, 3.8) is 0 Å². The highest BCUT2D eigenvalue weighted by Gasteiger charge is 2.07. The van der Waals surface area contributed by atoms with Gasteiger partial charge in [0.1, 0.15) is 0 Å². The average Bonchev–Trinajstić information content (AvgIpc) is 2.25. The van der Waals surface area contributed by atoms with E-state index in [9.17, 15) is 9.59 Å². The molecule has 0 aliphatic carbocycles. The molecular formula is C12H17N3O2. The van der Waals surface area contributed by atoms with Crippen molar-refractivity contribution in [2.45, 2.75) is 6.42 Å². The standard InChI is InChI=1S/C12H17N3O2/c1-15(2)12(17)8-14-11(16)7-9-4-3-5-10(13)6-9/h3-6H,7-8,13H2,1-2H3,(H,14,16). The van der Waals surface area contributed by atoms with Gasteiger partial charge in [-0.25, -0.2) is 0 Å². The molecule has 0 atom stereocenters. The minimum absolute atomic E-state index is 0.0220. The Kier molecular flexibility index (Phi) is 4.51. The van der Waals surface area contributed by atoms with Crippen molar-refractivity contribution in [2.75, 3.05) is 26.4 Å². The van der Waals surface area contributed by atoms with Crippen LogP contribution in [0.1, 0.15) is 5.56 Å². The molecule has 0 fully saturated rings. The molecule has 0 spiro atoms. The van der Waals surface area contributed by atoms with Gasteiger partial charge in [-0.05, 0) is 17.7 Å². The number of nitrogens with two attached hydrogens (primary N) is 1. The molecule has 5 nitrogen and oxygen atoms in total. The van der Waals surface area contributed by atoms with Gasteiger partial charge in [0.25, 0.3) is 0 Å². The number of hydrogen-bond donors (Lipinski definition) is 2. The molecule has 17 heavy (non-hydrogen) atoms. The van der Waals surface area contributed by atoms with Crippen LogP contribution in [0.4, 0.5) is 5.69 Å². The fraction of sp³-hybridized carbons (Fsp3) is 0.333. The molecule has 0 radical (unpaired) electrons. The Morgan fingerprint density at radius 1 is 1.35 bits per heavy atom. The SMILES string of the molecule is CN(C)C(=O)CNC(=O)Cc1cccc(N)c1. The number of benzene rings is 1. The number of hydrogen-bond acceptors (Lipinski definition) is 3. The molecular weight excluding hydrogens is 218 g/mol. The van der Waals surface area contributed by atoms with Gasteiger partial charge in [0.05, 0.1) is 13.0 Å². The lowest BCUT2D eigenvalue weighted by atomic mass is 10.1. The molecule has 0 bridgehead atoms. The minimum atomic E-state index is -0.189. The Morgan fingerprint density at radius 2 is 2.06 bits per heavy atom. The Hall–Kier alpha value is -2.04. The summed E-state index contributed by atoms with van der Waals surface area (Å²) in [7, 11) is 3.29. The third kappa shape index (κ3) is 4.55. The van der Waals surface area contributed by atoms with Gasteiger partial charge in [-0.1, -0.05) is 12.1 Å². The molecule has 0 saturated heterocycles. The summed E-state index contributed by atoms with van der Waals surface area (Å²) in [5.41, 5.74) is 7.06. The first-order valence-electron chi connectivity index (χ1n) is 5.30. The van der Waals surface area contributed by atoms with Crippen molar-refractivity contribution in [1.82, 2.24) is 10.2 Å². The molecule has 92 valence electrons. The first kappa shape index (κ1) is 13.0. The number of nitrogens with zero attached hydrogens (tertiary/aromatic N) is 1. The summed E-state index contributed by atoms with van der Waals surface area (Å²) in [6, 6.07) is 7.12. The third-order valence-corrected chi connectivity index (χ3v) is 2.25. The van der Waals surface area contributed by atoms with Crippen LogP contribution in [0.5, 0.6) is 0 Å². The molecule has 0 aliphatic rings. The van der Waals surface area contributed by atoms with Gasteiger partial charge >= 0.3 is 0 Å². The predicted molar refractivity (Wildman–Crippen MR) is 66.3 cm³/mol.